The minimum atomic E-state index is -3.67. The number of esters is 1. The highest BCUT2D eigenvalue weighted by atomic mass is 32.2. The molecule has 1 aromatic heterocycles. The summed E-state index contributed by atoms with van der Waals surface area (Å²) in [6, 6.07) is 1.13. The molecule has 1 rings (SSSR count). The molecule has 6 nitrogen and oxygen atoms in total. The lowest BCUT2D eigenvalue weighted by atomic mass is 10.4. The van der Waals surface area contributed by atoms with E-state index in [0.29, 0.717) is 0 Å². The molecule has 0 saturated carbocycles. The number of nitrogens with zero attached hydrogens (tertiary/aromatic N) is 1. The van der Waals surface area contributed by atoms with Gasteiger partial charge in [0.2, 0.25) is 10.0 Å². The fourth-order valence-electron chi connectivity index (χ4n) is 1.48. The standard InChI is InChI=1S/C11H18N2O4S/c1-4-17-11(14)8-13(9(2)3)18(15,16)10-5-6-12-7-10/h5-7,9,12H,4,8H2,1-3H3. The highest BCUT2D eigenvalue weighted by Crippen LogP contribution is 2.17. The van der Waals surface area contributed by atoms with Crippen molar-refractivity contribution in [2.24, 2.45) is 0 Å². The molecule has 1 aromatic rings. The molecule has 0 bridgehead atoms. The van der Waals surface area contributed by atoms with Crippen LogP contribution < -0.4 is 0 Å². The van der Waals surface area contributed by atoms with E-state index in [4.69, 9.17) is 4.74 Å². The lowest BCUT2D eigenvalue weighted by molar-refractivity contribution is -0.143. The second-order valence-corrected chi connectivity index (χ2v) is 5.89. The molecule has 7 heteroatoms. The van der Waals surface area contributed by atoms with Gasteiger partial charge in [-0.2, -0.15) is 4.31 Å². The molecule has 0 radical (unpaired) electrons. The summed E-state index contributed by atoms with van der Waals surface area (Å²) in [5.74, 6) is -0.551. The molecule has 0 unspecified atom stereocenters. The number of hydrogen-bond acceptors (Lipinski definition) is 4. The topological polar surface area (TPSA) is 79.5 Å². The first-order valence-electron chi connectivity index (χ1n) is 5.69. The molecule has 0 aliphatic heterocycles. The Morgan fingerprint density at radius 3 is 2.61 bits per heavy atom. The lowest BCUT2D eigenvalue weighted by Gasteiger charge is -2.24. The molecule has 18 heavy (non-hydrogen) atoms. The molecule has 0 aliphatic rings. The third-order valence-corrected chi connectivity index (χ3v) is 4.36. The molecule has 102 valence electrons. The van der Waals surface area contributed by atoms with E-state index < -0.39 is 16.0 Å². The summed E-state index contributed by atoms with van der Waals surface area (Å²) in [4.78, 5) is 14.3. The second-order valence-electron chi connectivity index (χ2n) is 4.00. The Bertz CT molecular complexity index is 479. The number of ether oxygens (including phenoxy) is 1. The van der Waals surface area contributed by atoms with Crippen molar-refractivity contribution in [2.45, 2.75) is 31.7 Å². The summed E-state index contributed by atoms with van der Waals surface area (Å²) in [5.41, 5.74) is 0. The summed E-state index contributed by atoms with van der Waals surface area (Å²) in [6.07, 6.45) is 2.91. The van der Waals surface area contributed by atoms with Gasteiger partial charge in [0.25, 0.3) is 0 Å². The van der Waals surface area contributed by atoms with Crippen LogP contribution in [-0.2, 0) is 19.6 Å². The smallest absolute Gasteiger partial charge is 0.321 e. The number of sulfonamides is 1. The number of carbonyl (C=O) groups is 1. The second kappa shape index (κ2) is 6.01. The van der Waals surface area contributed by atoms with Gasteiger partial charge >= 0.3 is 5.97 Å². The third kappa shape index (κ3) is 3.33. The van der Waals surface area contributed by atoms with Gasteiger partial charge in [-0.1, -0.05) is 0 Å². The van der Waals surface area contributed by atoms with Crippen molar-refractivity contribution in [2.75, 3.05) is 13.2 Å². The zero-order chi connectivity index (χ0) is 13.8. The van der Waals surface area contributed by atoms with E-state index in [1.165, 1.54) is 18.5 Å². The van der Waals surface area contributed by atoms with E-state index in [1.807, 2.05) is 0 Å². The van der Waals surface area contributed by atoms with Crippen LogP contribution in [0.15, 0.2) is 23.4 Å². The molecule has 0 amide bonds. The highest BCUT2D eigenvalue weighted by Gasteiger charge is 2.29. The maximum Gasteiger partial charge on any atom is 0.321 e. The lowest BCUT2D eigenvalue weighted by Crippen LogP contribution is -2.41. The van der Waals surface area contributed by atoms with E-state index in [0.717, 1.165) is 4.31 Å². The zero-order valence-electron chi connectivity index (χ0n) is 10.7. The van der Waals surface area contributed by atoms with Gasteiger partial charge in [0.05, 0.1) is 11.5 Å². The van der Waals surface area contributed by atoms with E-state index in [9.17, 15) is 13.2 Å². The Labute approximate surface area is 107 Å². The number of H-pyrrole nitrogens is 1. The van der Waals surface area contributed by atoms with Crippen LogP contribution in [0.3, 0.4) is 0 Å². The Kier molecular flexibility index (Phi) is 4.92. The van der Waals surface area contributed by atoms with Gasteiger partial charge in [-0.05, 0) is 26.8 Å². The molecular formula is C11H18N2O4S. The van der Waals surface area contributed by atoms with Gasteiger partial charge in [-0.3, -0.25) is 4.79 Å². The Balaban J connectivity index is 2.96. The number of nitrogens with one attached hydrogen (secondary N) is 1. The van der Waals surface area contributed by atoms with E-state index in [-0.39, 0.29) is 24.1 Å². The predicted molar refractivity (Wildman–Crippen MR) is 66.5 cm³/mol. The first kappa shape index (κ1) is 14.7. The van der Waals surface area contributed by atoms with E-state index in [2.05, 4.69) is 4.98 Å². The van der Waals surface area contributed by atoms with Gasteiger partial charge in [-0.25, -0.2) is 8.42 Å². The molecule has 0 atom stereocenters. The molecule has 0 saturated heterocycles. The molecule has 0 aliphatic carbocycles. The van der Waals surface area contributed by atoms with Gasteiger partial charge < -0.3 is 9.72 Å². The van der Waals surface area contributed by atoms with Crippen molar-refractivity contribution in [3.05, 3.63) is 18.5 Å². The molecule has 0 fully saturated rings. The van der Waals surface area contributed by atoms with Crippen LogP contribution in [0.1, 0.15) is 20.8 Å². The number of rotatable bonds is 6. The van der Waals surface area contributed by atoms with E-state index in [1.54, 1.807) is 20.8 Å². The summed E-state index contributed by atoms with van der Waals surface area (Å²) < 4.78 is 30.4. The van der Waals surface area contributed by atoms with E-state index >= 15 is 0 Å². The van der Waals surface area contributed by atoms with Gasteiger partial charge in [0.1, 0.15) is 6.54 Å². The fourth-order valence-corrected chi connectivity index (χ4v) is 3.04. The minimum Gasteiger partial charge on any atom is -0.465 e. The number of carbonyl (C=O) groups excluding carboxylic acids is 1. The minimum absolute atomic E-state index is 0.139. The first-order valence-corrected chi connectivity index (χ1v) is 7.13. The summed E-state index contributed by atoms with van der Waals surface area (Å²) >= 11 is 0. The average molecular weight is 274 g/mol. The molecule has 1 N–H and O–H groups in total. The maximum atomic E-state index is 12.3. The monoisotopic (exact) mass is 274 g/mol. The normalized spacial score (nSPS) is 12.1. The number of hydrogen-bond donors (Lipinski definition) is 1. The fraction of sp³-hybridized carbons (Fsp3) is 0.545. The average Bonchev–Trinajstić information content (AvgIpc) is 2.79. The quantitative estimate of drug-likeness (QED) is 0.784. The molecule has 0 aromatic carbocycles. The Morgan fingerprint density at radius 1 is 1.50 bits per heavy atom. The van der Waals surface area contributed by atoms with Crippen LogP contribution in [0.4, 0.5) is 0 Å². The highest BCUT2D eigenvalue weighted by molar-refractivity contribution is 7.89. The SMILES string of the molecule is CCOC(=O)CN(C(C)C)S(=O)(=O)c1cc[nH]c1. The van der Waals surface area contributed by atoms with Crippen LogP contribution in [-0.4, -0.2) is 42.9 Å². The van der Waals surface area contributed by atoms with Crippen molar-refractivity contribution in [3.8, 4) is 0 Å². The van der Waals surface area contributed by atoms with Gasteiger partial charge in [-0.15, -0.1) is 0 Å². The number of aromatic nitrogens is 1. The van der Waals surface area contributed by atoms with Crippen molar-refractivity contribution >= 4 is 16.0 Å². The summed E-state index contributed by atoms with van der Waals surface area (Å²) in [7, 11) is -3.67. The Morgan fingerprint density at radius 2 is 2.17 bits per heavy atom. The summed E-state index contributed by atoms with van der Waals surface area (Å²) in [5, 5.41) is 0. The zero-order valence-corrected chi connectivity index (χ0v) is 11.5. The third-order valence-electron chi connectivity index (χ3n) is 2.34. The summed E-state index contributed by atoms with van der Waals surface area (Å²) in [6.45, 7) is 5.05. The van der Waals surface area contributed by atoms with Crippen molar-refractivity contribution in [3.63, 3.8) is 0 Å². The maximum absolute atomic E-state index is 12.3. The van der Waals surface area contributed by atoms with Crippen molar-refractivity contribution in [1.82, 2.24) is 9.29 Å². The molecular weight excluding hydrogens is 256 g/mol. The largest absolute Gasteiger partial charge is 0.465 e. The van der Waals surface area contributed by atoms with Gasteiger partial charge in [0.15, 0.2) is 0 Å². The van der Waals surface area contributed by atoms with Crippen LogP contribution in [0.5, 0.6) is 0 Å². The molecule has 0 spiro atoms. The number of aromatic amines is 1. The van der Waals surface area contributed by atoms with Crippen LogP contribution >= 0.6 is 0 Å². The van der Waals surface area contributed by atoms with Crippen molar-refractivity contribution in [1.29, 1.82) is 0 Å². The Hall–Kier alpha value is -1.34. The van der Waals surface area contributed by atoms with Crippen molar-refractivity contribution < 1.29 is 17.9 Å². The van der Waals surface area contributed by atoms with Crippen LogP contribution in [0.2, 0.25) is 0 Å². The van der Waals surface area contributed by atoms with Crippen LogP contribution in [0.25, 0.3) is 0 Å². The predicted octanol–water partition coefficient (Wildman–Crippen LogP) is 0.977. The van der Waals surface area contributed by atoms with Gasteiger partial charge in [0, 0.05) is 18.4 Å². The molecule has 1 heterocycles. The first-order chi connectivity index (χ1) is 8.39. The van der Waals surface area contributed by atoms with Crippen LogP contribution in [0, 0.1) is 0 Å².